The number of methoxy groups -OCH3 is 1. The smallest absolute Gasteiger partial charge is 0.246 e. The molecular formula is C27H35N3O5. The molecule has 0 radical (unpaired) electrons. The van der Waals surface area contributed by atoms with Gasteiger partial charge in [-0.3, -0.25) is 14.4 Å². The Hall–Kier alpha value is -2.87. The summed E-state index contributed by atoms with van der Waals surface area (Å²) in [5.41, 5.74) is -0.479. The molecule has 1 aromatic rings. The Morgan fingerprint density at radius 1 is 1.14 bits per heavy atom. The van der Waals surface area contributed by atoms with E-state index in [2.05, 4.69) is 17.6 Å². The van der Waals surface area contributed by atoms with Crippen molar-refractivity contribution < 1.29 is 23.9 Å². The summed E-state index contributed by atoms with van der Waals surface area (Å²) >= 11 is 0. The van der Waals surface area contributed by atoms with E-state index in [1.54, 1.807) is 36.3 Å². The fourth-order valence-corrected chi connectivity index (χ4v) is 6.26. The van der Waals surface area contributed by atoms with E-state index in [1.807, 2.05) is 12.2 Å². The Labute approximate surface area is 206 Å². The summed E-state index contributed by atoms with van der Waals surface area (Å²) in [6.07, 6.45) is 10.2. The van der Waals surface area contributed by atoms with Crippen LogP contribution in [0.2, 0.25) is 0 Å². The summed E-state index contributed by atoms with van der Waals surface area (Å²) in [5, 5.41) is 6.15. The van der Waals surface area contributed by atoms with E-state index in [0.717, 1.165) is 38.5 Å². The Balaban J connectivity index is 1.40. The number of likely N-dealkylation sites (tertiary alicyclic amines) is 1. The lowest BCUT2D eigenvalue weighted by Crippen LogP contribution is -2.56. The van der Waals surface area contributed by atoms with Gasteiger partial charge < -0.3 is 25.0 Å². The highest BCUT2D eigenvalue weighted by atomic mass is 16.5. The first-order valence-electron chi connectivity index (χ1n) is 12.9. The molecule has 0 unspecified atom stereocenters. The average Bonchev–Trinajstić information content (AvgIpc) is 3.51. The second-order valence-electron chi connectivity index (χ2n) is 10.1. The number of carbonyl (C=O) groups excluding carboxylic acids is 3. The lowest BCUT2D eigenvalue weighted by atomic mass is 9.74. The lowest BCUT2D eigenvalue weighted by molar-refractivity contribution is -0.141. The predicted octanol–water partition coefficient (Wildman–Crippen LogP) is 3.03. The van der Waals surface area contributed by atoms with E-state index < -0.39 is 29.6 Å². The van der Waals surface area contributed by atoms with Gasteiger partial charge in [-0.1, -0.05) is 44.8 Å². The van der Waals surface area contributed by atoms with Gasteiger partial charge in [-0.25, -0.2) is 0 Å². The molecule has 1 spiro atoms. The maximum Gasteiger partial charge on any atom is 0.246 e. The van der Waals surface area contributed by atoms with Crippen molar-refractivity contribution in [3.63, 3.8) is 0 Å². The van der Waals surface area contributed by atoms with E-state index in [0.29, 0.717) is 18.0 Å². The van der Waals surface area contributed by atoms with Crippen LogP contribution < -0.4 is 15.4 Å². The number of anilines is 1. The summed E-state index contributed by atoms with van der Waals surface area (Å²) in [6.45, 7) is 2.54. The number of hydrogen-bond acceptors (Lipinski definition) is 5. The molecule has 35 heavy (non-hydrogen) atoms. The first-order valence-corrected chi connectivity index (χ1v) is 12.9. The highest BCUT2D eigenvalue weighted by Gasteiger charge is 2.72. The maximum atomic E-state index is 13.8. The Morgan fingerprint density at radius 2 is 1.89 bits per heavy atom. The fourth-order valence-electron chi connectivity index (χ4n) is 6.26. The third kappa shape index (κ3) is 4.11. The summed E-state index contributed by atoms with van der Waals surface area (Å²) in [5.74, 6) is -1.30. The van der Waals surface area contributed by atoms with Crippen molar-refractivity contribution in [3.05, 3.63) is 36.4 Å². The number of nitrogens with one attached hydrogen (secondary N) is 2. The van der Waals surface area contributed by atoms with Gasteiger partial charge in [0.05, 0.1) is 25.0 Å². The van der Waals surface area contributed by atoms with Crippen molar-refractivity contribution in [2.45, 2.75) is 75.7 Å². The molecule has 1 aliphatic carbocycles. The van der Waals surface area contributed by atoms with Crippen LogP contribution in [0.15, 0.2) is 36.4 Å². The Kier molecular flexibility index (Phi) is 6.57. The minimum absolute atomic E-state index is 0.131. The van der Waals surface area contributed by atoms with Crippen LogP contribution in [0.25, 0.3) is 0 Å². The molecule has 3 heterocycles. The number of ether oxygens (including phenoxy) is 2. The van der Waals surface area contributed by atoms with Crippen molar-refractivity contribution in [2.75, 3.05) is 19.0 Å². The molecule has 188 valence electrons. The van der Waals surface area contributed by atoms with E-state index in [9.17, 15) is 14.4 Å². The number of carbonyl (C=O) groups is 3. The first-order chi connectivity index (χ1) is 17.0. The number of amides is 3. The van der Waals surface area contributed by atoms with E-state index in [1.165, 1.54) is 6.42 Å². The molecule has 1 saturated carbocycles. The molecule has 2 N–H and O–H groups in total. The standard InChI is InChI=1S/C27H35N3O5/c1-3-4-16-30-23(25(32)29-17-8-6-5-7-9-17)27-15-14-20(35-27)21(22(27)26(30)33)24(31)28-18-10-12-19(34-2)13-11-18/h10-15,17,20-23H,3-9,16H2,1-2H3,(H,28,31)(H,29,32)/t20-,21+,22-,23-,27+/m1/s1. The van der Waals surface area contributed by atoms with Gasteiger partial charge in [0, 0.05) is 18.3 Å². The summed E-state index contributed by atoms with van der Waals surface area (Å²) in [7, 11) is 1.59. The van der Waals surface area contributed by atoms with Crippen LogP contribution in [0.3, 0.4) is 0 Å². The molecule has 3 fully saturated rings. The minimum atomic E-state index is -1.10. The molecule has 2 saturated heterocycles. The van der Waals surface area contributed by atoms with Crippen molar-refractivity contribution in [2.24, 2.45) is 11.8 Å². The second kappa shape index (κ2) is 9.64. The highest BCUT2D eigenvalue weighted by Crippen LogP contribution is 2.55. The number of unbranched alkanes of at least 4 members (excludes halogenated alkanes) is 1. The number of benzene rings is 1. The van der Waals surface area contributed by atoms with Gasteiger partial charge in [0.1, 0.15) is 17.4 Å². The number of fused-ring (bicyclic) bond motifs is 1. The van der Waals surface area contributed by atoms with Crippen molar-refractivity contribution in [1.82, 2.24) is 10.2 Å². The van der Waals surface area contributed by atoms with Crippen LogP contribution in [-0.2, 0) is 19.1 Å². The largest absolute Gasteiger partial charge is 0.497 e. The van der Waals surface area contributed by atoms with Crippen LogP contribution in [0, 0.1) is 11.8 Å². The molecule has 3 amide bonds. The summed E-state index contributed by atoms with van der Waals surface area (Å²) < 4.78 is 11.6. The summed E-state index contributed by atoms with van der Waals surface area (Å²) in [4.78, 5) is 42.5. The third-order valence-corrected chi connectivity index (χ3v) is 7.99. The van der Waals surface area contributed by atoms with Crippen molar-refractivity contribution in [1.29, 1.82) is 0 Å². The molecule has 2 bridgehead atoms. The SMILES string of the molecule is CCCCN1C(=O)[C@H]2[C@@H](C(=O)Nc3ccc(OC)cc3)[C@H]3C=C[C@@]2(O3)[C@H]1C(=O)NC1CCCCC1. The average molecular weight is 482 g/mol. The third-order valence-electron chi connectivity index (χ3n) is 7.99. The van der Waals surface area contributed by atoms with Gasteiger partial charge >= 0.3 is 0 Å². The van der Waals surface area contributed by atoms with Crippen LogP contribution in [0.1, 0.15) is 51.9 Å². The molecule has 1 aromatic carbocycles. The molecule has 5 atom stereocenters. The van der Waals surface area contributed by atoms with Crippen molar-refractivity contribution >= 4 is 23.4 Å². The minimum Gasteiger partial charge on any atom is -0.497 e. The van der Waals surface area contributed by atoms with E-state index in [4.69, 9.17) is 9.47 Å². The topological polar surface area (TPSA) is 97.0 Å². The zero-order chi connectivity index (χ0) is 24.6. The van der Waals surface area contributed by atoms with E-state index >= 15 is 0 Å². The van der Waals surface area contributed by atoms with Gasteiger partial charge in [0.25, 0.3) is 0 Å². The van der Waals surface area contributed by atoms with E-state index in [-0.39, 0.29) is 23.8 Å². The molecule has 3 aliphatic heterocycles. The number of nitrogens with zero attached hydrogens (tertiary/aromatic N) is 1. The second-order valence-corrected chi connectivity index (χ2v) is 10.1. The van der Waals surface area contributed by atoms with Crippen LogP contribution in [0.5, 0.6) is 5.75 Å². The quantitative estimate of drug-likeness (QED) is 0.557. The van der Waals surface area contributed by atoms with Gasteiger partial charge in [0.15, 0.2) is 0 Å². The zero-order valence-corrected chi connectivity index (χ0v) is 20.5. The van der Waals surface area contributed by atoms with Crippen LogP contribution >= 0.6 is 0 Å². The van der Waals surface area contributed by atoms with Gasteiger partial charge in [-0.05, 0) is 43.5 Å². The normalized spacial score (nSPS) is 31.5. The predicted molar refractivity (Wildman–Crippen MR) is 131 cm³/mol. The maximum absolute atomic E-state index is 13.8. The molecular weight excluding hydrogens is 446 g/mol. The Morgan fingerprint density at radius 3 is 2.57 bits per heavy atom. The number of hydrogen-bond donors (Lipinski definition) is 2. The first kappa shape index (κ1) is 23.9. The Bertz CT molecular complexity index is 1000. The fraction of sp³-hybridized carbons (Fsp3) is 0.593. The van der Waals surface area contributed by atoms with Crippen molar-refractivity contribution in [3.8, 4) is 5.75 Å². The number of rotatable bonds is 8. The van der Waals surface area contributed by atoms with Gasteiger partial charge in [0.2, 0.25) is 17.7 Å². The molecule has 8 heteroatoms. The molecule has 4 aliphatic rings. The lowest BCUT2D eigenvalue weighted by Gasteiger charge is -2.34. The van der Waals surface area contributed by atoms with Crippen LogP contribution in [0.4, 0.5) is 5.69 Å². The molecule has 0 aromatic heterocycles. The molecule has 5 rings (SSSR count). The summed E-state index contributed by atoms with van der Waals surface area (Å²) in [6, 6.07) is 6.45. The highest BCUT2D eigenvalue weighted by molar-refractivity contribution is 6.02. The molecule has 8 nitrogen and oxygen atoms in total. The zero-order valence-electron chi connectivity index (χ0n) is 20.5. The van der Waals surface area contributed by atoms with Crippen LogP contribution in [-0.4, -0.2) is 60.1 Å². The monoisotopic (exact) mass is 481 g/mol. The van der Waals surface area contributed by atoms with Gasteiger partial charge in [-0.15, -0.1) is 0 Å². The van der Waals surface area contributed by atoms with Gasteiger partial charge in [-0.2, -0.15) is 0 Å².